The molecule has 106 valence electrons. The summed E-state index contributed by atoms with van der Waals surface area (Å²) in [6, 6.07) is 0. The van der Waals surface area contributed by atoms with Gasteiger partial charge in [0, 0.05) is 6.26 Å². The van der Waals surface area contributed by atoms with Crippen molar-refractivity contribution < 1.29 is 13.5 Å². The lowest BCUT2D eigenvalue weighted by atomic mass is 9.77. The SMILES string of the molecule is CS(=O)(=O)C1CCCC(C(O)C2CCNCC2)C1. The molecule has 5 heteroatoms. The van der Waals surface area contributed by atoms with Crippen LogP contribution in [0.3, 0.4) is 0 Å². The Balaban J connectivity index is 1.95. The van der Waals surface area contributed by atoms with E-state index in [0.717, 1.165) is 45.2 Å². The van der Waals surface area contributed by atoms with Gasteiger partial charge in [-0.1, -0.05) is 6.42 Å². The molecule has 0 aromatic heterocycles. The predicted octanol–water partition coefficient (Wildman–Crippen LogP) is 0.950. The molecule has 0 bridgehead atoms. The maximum atomic E-state index is 11.6. The van der Waals surface area contributed by atoms with E-state index in [1.54, 1.807) is 0 Å². The summed E-state index contributed by atoms with van der Waals surface area (Å²) < 4.78 is 23.3. The molecule has 2 fully saturated rings. The maximum Gasteiger partial charge on any atom is 0.150 e. The predicted molar refractivity (Wildman–Crippen MR) is 72.2 cm³/mol. The van der Waals surface area contributed by atoms with Gasteiger partial charge >= 0.3 is 0 Å². The molecule has 2 rings (SSSR count). The van der Waals surface area contributed by atoms with Crippen molar-refractivity contribution in [1.29, 1.82) is 0 Å². The first kappa shape index (κ1) is 14.3. The van der Waals surface area contributed by atoms with E-state index in [1.807, 2.05) is 0 Å². The highest BCUT2D eigenvalue weighted by Crippen LogP contribution is 2.34. The van der Waals surface area contributed by atoms with Crippen molar-refractivity contribution in [3.63, 3.8) is 0 Å². The van der Waals surface area contributed by atoms with Crippen LogP contribution in [0.4, 0.5) is 0 Å². The fourth-order valence-electron chi connectivity index (χ4n) is 3.45. The first-order chi connectivity index (χ1) is 8.48. The zero-order valence-electron chi connectivity index (χ0n) is 11.1. The summed E-state index contributed by atoms with van der Waals surface area (Å²) in [5.74, 6) is 0.538. The van der Waals surface area contributed by atoms with Gasteiger partial charge < -0.3 is 10.4 Å². The molecule has 4 nitrogen and oxygen atoms in total. The lowest BCUT2D eigenvalue weighted by molar-refractivity contribution is 0.0219. The monoisotopic (exact) mass is 275 g/mol. The Morgan fingerprint density at radius 3 is 2.39 bits per heavy atom. The van der Waals surface area contributed by atoms with Crippen LogP contribution in [0.2, 0.25) is 0 Å². The summed E-state index contributed by atoms with van der Waals surface area (Å²) in [6.07, 6.45) is 6.40. The molecule has 0 amide bonds. The highest BCUT2D eigenvalue weighted by Gasteiger charge is 2.35. The summed E-state index contributed by atoms with van der Waals surface area (Å²) in [6.45, 7) is 1.95. The molecule has 0 spiro atoms. The Kier molecular flexibility index (Phi) is 4.67. The molecule has 0 aromatic carbocycles. The molecule has 1 heterocycles. The zero-order chi connectivity index (χ0) is 13.2. The van der Waals surface area contributed by atoms with E-state index in [2.05, 4.69) is 5.32 Å². The smallest absolute Gasteiger partial charge is 0.150 e. The Bertz CT molecular complexity index is 362. The molecule has 1 aliphatic carbocycles. The quantitative estimate of drug-likeness (QED) is 0.805. The van der Waals surface area contributed by atoms with Gasteiger partial charge in [0.15, 0.2) is 0 Å². The van der Waals surface area contributed by atoms with Gasteiger partial charge in [-0.15, -0.1) is 0 Å². The number of aliphatic hydroxyl groups excluding tert-OH is 1. The number of aliphatic hydroxyl groups is 1. The van der Waals surface area contributed by atoms with Gasteiger partial charge in [0.25, 0.3) is 0 Å². The van der Waals surface area contributed by atoms with Crippen molar-refractivity contribution in [2.45, 2.75) is 49.9 Å². The molecule has 18 heavy (non-hydrogen) atoms. The largest absolute Gasteiger partial charge is 0.393 e. The number of rotatable bonds is 3. The second-order valence-corrected chi connectivity index (χ2v) is 8.28. The van der Waals surface area contributed by atoms with E-state index in [4.69, 9.17) is 0 Å². The number of sulfone groups is 1. The van der Waals surface area contributed by atoms with Crippen molar-refractivity contribution in [2.75, 3.05) is 19.3 Å². The van der Waals surface area contributed by atoms with Crippen LogP contribution in [0, 0.1) is 11.8 Å². The molecule has 1 saturated heterocycles. The van der Waals surface area contributed by atoms with Crippen LogP contribution in [0.25, 0.3) is 0 Å². The summed E-state index contributed by atoms with van der Waals surface area (Å²) in [5.41, 5.74) is 0. The highest BCUT2D eigenvalue weighted by molar-refractivity contribution is 7.91. The van der Waals surface area contributed by atoms with Crippen LogP contribution in [-0.4, -0.2) is 44.2 Å². The van der Waals surface area contributed by atoms with Gasteiger partial charge in [-0.3, -0.25) is 0 Å². The molecule has 3 unspecified atom stereocenters. The molecular formula is C13H25NO3S. The van der Waals surface area contributed by atoms with Crippen molar-refractivity contribution >= 4 is 9.84 Å². The van der Waals surface area contributed by atoms with Crippen LogP contribution in [-0.2, 0) is 9.84 Å². The topological polar surface area (TPSA) is 66.4 Å². The lowest BCUT2D eigenvalue weighted by Crippen LogP contribution is -2.40. The van der Waals surface area contributed by atoms with E-state index in [9.17, 15) is 13.5 Å². The van der Waals surface area contributed by atoms with Crippen LogP contribution in [0.15, 0.2) is 0 Å². The zero-order valence-corrected chi connectivity index (χ0v) is 12.0. The third kappa shape index (κ3) is 3.45. The van der Waals surface area contributed by atoms with Gasteiger partial charge in [0.2, 0.25) is 0 Å². The van der Waals surface area contributed by atoms with Crippen molar-refractivity contribution in [3.05, 3.63) is 0 Å². The highest BCUT2D eigenvalue weighted by atomic mass is 32.2. The minimum absolute atomic E-state index is 0.182. The average molecular weight is 275 g/mol. The van der Waals surface area contributed by atoms with Crippen LogP contribution in [0.5, 0.6) is 0 Å². The van der Waals surface area contributed by atoms with Gasteiger partial charge in [-0.25, -0.2) is 8.42 Å². The maximum absolute atomic E-state index is 11.6. The fourth-order valence-corrected chi connectivity index (χ4v) is 4.64. The third-order valence-corrected chi connectivity index (χ3v) is 6.26. The minimum atomic E-state index is -2.95. The average Bonchev–Trinajstić information content (AvgIpc) is 2.38. The minimum Gasteiger partial charge on any atom is -0.393 e. The normalized spacial score (nSPS) is 33.2. The number of hydrogen-bond acceptors (Lipinski definition) is 4. The number of nitrogens with one attached hydrogen (secondary N) is 1. The van der Waals surface area contributed by atoms with E-state index in [0.29, 0.717) is 12.3 Å². The van der Waals surface area contributed by atoms with Gasteiger partial charge in [-0.2, -0.15) is 0 Å². The number of piperidine rings is 1. The van der Waals surface area contributed by atoms with E-state index in [-0.39, 0.29) is 17.3 Å². The van der Waals surface area contributed by atoms with Gasteiger partial charge in [0.1, 0.15) is 9.84 Å². The molecule has 1 aliphatic heterocycles. The summed E-state index contributed by atoms with van der Waals surface area (Å²) in [7, 11) is -2.95. The van der Waals surface area contributed by atoms with Crippen molar-refractivity contribution in [3.8, 4) is 0 Å². The first-order valence-electron chi connectivity index (χ1n) is 7.06. The van der Waals surface area contributed by atoms with Crippen molar-refractivity contribution in [2.24, 2.45) is 11.8 Å². The lowest BCUT2D eigenvalue weighted by Gasteiger charge is -2.36. The summed E-state index contributed by atoms with van der Waals surface area (Å²) >= 11 is 0. The second kappa shape index (κ2) is 5.88. The first-order valence-corrected chi connectivity index (χ1v) is 9.01. The van der Waals surface area contributed by atoms with E-state index >= 15 is 0 Å². The van der Waals surface area contributed by atoms with Crippen LogP contribution >= 0.6 is 0 Å². The Morgan fingerprint density at radius 1 is 1.11 bits per heavy atom. The fraction of sp³-hybridized carbons (Fsp3) is 1.00. The van der Waals surface area contributed by atoms with E-state index < -0.39 is 9.84 Å². The standard InChI is InChI=1S/C13H25NO3S/c1-18(16,17)12-4-2-3-11(9-12)13(15)10-5-7-14-8-6-10/h10-15H,2-9H2,1H3. The van der Waals surface area contributed by atoms with Crippen molar-refractivity contribution in [1.82, 2.24) is 5.32 Å². The van der Waals surface area contributed by atoms with E-state index in [1.165, 1.54) is 6.26 Å². The third-order valence-electron chi connectivity index (χ3n) is 4.62. The van der Waals surface area contributed by atoms with Crippen LogP contribution < -0.4 is 5.32 Å². The summed E-state index contributed by atoms with van der Waals surface area (Å²) in [5, 5.41) is 13.5. The molecule has 2 aliphatic rings. The Labute approximate surface area is 110 Å². The summed E-state index contributed by atoms with van der Waals surface area (Å²) in [4.78, 5) is 0. The van der Waals surface area contributed by atoms with Gasteiger partial charge in [-0.05, 0) is 57.0 Å². The molecular weight excluding hydrogens is 250 g/mol. The number of hydrogen-bond donors (Lipinski definition) is 2. The Morgan fingerprint density at radius 2 is 1.78 bits per heavy atom. The second-order valence-electron chi connectivity index (χ2n) is 5.96. The van der Waals surface area contributed by atoms with Crippen LogP contribution in [0.1, 0.15) is 38.5 Å². The molecule has 0 aromatic rings. The molecule has 0 radical (unpaired) electrons. The molecule has 3 atom stereocenters. The molecule has 2 N–H and O–H groups in total. The Hall–Kier alpha value is -0.130. The van der Waals surface area contributed by atoms with Gasteiger partial charge in [0.05, 0.1) is 11.4 Å². The molecule has 1 saturated carbocycles.